The van der Waals surface area contributed by atoms with Crippen LogP contribution in [0.3, 0.4) is 0 Å². The van der Waals surface area contributed by atoms with Gasteiger partial charge < -0.3 is 4.74 Å². The van der Waals surface area contributed by atoms with Gasteiger partial charge in [-0.3, -0.25) is 4.79 Å². The van der Waals surface area contributed by atoms with Gasteiger partial charge in [0.2, 0.25) is 5.91 Å². The Hall–Kier alpha value is -1.32. The van der Waals surface area contributed by atoms with Gasteiger partial charge in [-0.15, -0.1) is 6.58 Å². The molecule has 4 heteroatoms. The molecule has 0 radical (unpaired) electrons. The van der Waals surface area contributed by atoms with Crippen LogP contribution in [0.15, 0.2) is 12.7 Å². The molecule has 1 atom stereocenters. The molecule has 96 valence electrons. The second kappa shape index (κ2) is 5.34. The lowest BCUT2D eigenvalue weighted by atomic mass is 9.94. The minimum atomic E-state index is -0.567. The van der Waals surface area contributed by atoms with E-state index in [0.29, 0.717) is 13.0 Å². The average molecular weight is 239 g/mol. The van der Waals surface area contributed by atoms with Crippen molar-refractivity contribution in [3.8, 4) is 0 Å². The maximum Gasteiger partial charge on any atom is 0.417 e. The van der Waals surface area contributed by atoms with Crippen molar-refractivity contribution in [2.45, 2.75) is 45.6 Å². The largest absolute Gasteiger partial charge is 0.443 e. The van der Waals surface area contributed by atoms with Crippen molar-refractivity contribution in [1.29, 1.82) is 0 Å². The maximum absolute atomic E-state index is 12.0. The lowest BCUT2D eigenvalue weighted by molar-refractivity contribution is -0.137. The smallest absolute Gasteiger partial charge is 0.417 e. The molecule has 0 aliphatic carbocycles. The third-order valence-corrected chi connectivity index (χ3v) is 2.61. The van der Waals surface area contributed by atoms with Crippen LogP contribution in [0.5, 0.6) is 0 Å². The summed E-state index contributed by atoms with van der Waals surface area (Å²) in [6.07, 6.45) is 3.48. The first-order valence-corrected chi connectivity index (χ1v) is 6.00. The first kappa shape index (κ1) is 13.7. The van der Waals surface area contributed by atoms with Crippen molar-refractivity contribution >= 4 is 12.0 Å². The molecule has 1 heterocycles. The Morgan fingerprint density at radius 3 is 2.76 bits per heavy atom. The number of rotatable bonds is 2. The van der Waals surface area contributed by atoms with E-state index in [1.54, 1.807) is 26.8 Å². The third kappa shape index (κ3) is 3.88. The van der Waals surface area contributed by atoms with Crippen LogP contribution in [0.4, 0.5) is 4.79 Å². The van der Waals surface area contributed by atoms with Gasteiger partial charge in [0.1, 0.15) is 5.60 Å². The Morgan fingerprint density at radius 1 is 1.59 bits per heavy atom. The summed E-state index contributed by atoms with van der Waals surface area (Å²) in [5, 5.41) is 0. The van der Waals surface area contributed by atoms with Crippen LogP contribution in [0, 0.1) is 5.92 Å². The summed E-state index contributed by atoms with van der Waals surface area (Å²) in [4.78, 5) is 25.1. The molecule has 2 amide bonds. The highest BCUT2D eigenvalue weighted by Gasteiger charge is 2.34. The number of allylic oxidation sites excluding steroid dienone is 1. The van der Waals surface area contributed by atoms with Crippen molar-refractivity contribution in [3.05, 3.63) is 12.7 Å². The molecule has 0 spiro atoms. The maximum atomic E-state index is 12.0. The van der Waals surface area contributed by atoms with Gasteiger partial charge in [0.05, 0.1) is 0 Å². The summed E-state index contributed by atoms with van der Waals surface area (Å²) in [5.41, 5.74) is -0.567. The molecule has 0 aromatic carbocycles. The number of carbonyl (C=O) groups excluding carboxylic acids is 2. The van der Waals surface area contributed by atoms with E-state index < -0.39 is 11.7 Å². The monoisotopic (exact) mass is 239 g/mol. The fraction of sp³-hybridized carbons (Fsp3) is 0.692. The fourth-order valence-corrected chi connectivity index (χ4v) is 1.87. The summed E-state index contributed by atoms with van der Waals surface area (Å²) in [6.45, 7) is 9.47. The summed E-state index contributed by atoms with van der Waals surface area (Å²) in [6, 6.07) is 0. The van der Waals surface area contributed by atoms with Gasteiger partial charge in [0, 0.05) is 12.5 Å². The number of amides is 2. The predicted octanol–water partition coefficient (Wildman–Crippen LogP) is 2.74. The van der Waals surface area contributed by atoms with Gasteiger partial charge in [0.25, 0.3) is 0 Å². The SMILES string of the molecule is C=CCC1CCCN(C(=O)OC(C)(C)C)C1=O. The number of imide groups is 1. The van der Waals surface area contributed by atoms with Gasteiger partial charge in [-0.2, -0.15) is 0 Å². The van der Waals surface area contributed by atoms with E-state index >= 15 is 0 Å². The van der Waals surface area contributed by atoms with E-state index in [1.165, 1.54) is 4.90 Å². The lowest BCUT2D eigenvalue weighted by Gasteiger charge is -2.32. The van der Waals surface area contributed by atoms with Crippen LogP contribution in [0.2, 0.25) is 0 Å². The standard InChI is InChI=1S/C13H21NO3/c1-5-7-10-8-6-9-14(11(10)15)12(16)17-13(2,3)4/h5,10H,1,6-9H2,2-4H3. The van der Waals surface area contributed by atoms with Gasteiger partial charge in [0.15, 0.2) is 0 Å². The summed E-state index contributed by atoms with van der Waals surface area (Å²) >= 11 is 0. The zero-order valence-electron chi connectivity index (χ0n) is 10.9. The van der Waals surface area contributed by atoms with Crippen LogP contribution < -0.4 is 0 Å². The molecule has 1 rings (SSSR count). The molecule has 1 unspecified atom stereocenters. The number of carbonyl (C=O) groups is 2. The first-order valence-electron chi connectivity index (χ1n) is 6.00. The van der Waals surface area contributed by atoms with Crippen LogP contribution in [-0.2, 0) is 9.53 Å². The molecule has 4 nitrogen and oxygen atoms in total. The number of ether oxygens (including phenoxy) is 1. The first-order chi connectivity index (χ1) is 7.85. The quantitative estimate of drug-likeness (QED) is 0.696. The van der Waals surface area contributed by atoms with Crippen LogP contribution in [0.1, 0.15) is 40.0 Å². The zero-order valence-corrected chi connectivity index (χ0v) is 10.9. The Bertz CT molecular complexity index is 317. The molecule has 17 heavy (non-hydrogen) atoms. The third-order valence-electron chi connectivity index (χ3n) is 2.61. The molecule has 0 N–H and O–H groups in total. The normalized spacial score (nSPS) is 21.2. The molecule has 0 aromatic heterocycles. The lowest BCUT2D eigenvalue weighted by Crippen LogP contribution is -2.46. The van der Waals surface area contributed by atoms with E-state index in [2.05, 4.69) is 6.58 Å². The van der Waals surface area contributed by atoms with Crippen LogP contribution >= 0.6 is 0 Å². The molecule has 1 aliphatic rings. The molecule has 1 saturated heterocycles. The fourth-order valence-electron chi connectivity index (χ4n) is 1.87. The molecular weight excluding hydrogens is 218 g/mol. The summed E-state index contributed by atoms with van der Waals surface area (Å²) in [7, 11) is 0. The van der Waals surface area contributed by atoms with E-state index in [9.17, 15) is 9.59 Å². The minimum Gasteiger partial charge on any atom is -0.443 e. The van der Waals surface area contributed by atoms with Gasteiger partial charge in [-0.25, -0.2) is 9.69 Å². The Kier molecular flexibility index (Phi) is 4.32. The molecular formula is C13H21NO3. The van der Waals surface area contributed by atoms with Crippen molar-refractivity contribution in [2.75, 3.05) is 6.54 Å². The second-order valence-electron chi connectivity index (χ2n) is 5.33. The number of likely N-dealkylation sites (tertiary alicyclic amines) is 1. The summed E-state index contributed by atoms with van der Waals surface area (Å²) in [5.74, 6) is -0.251. The Morgan fingerprint density at radius 2 is 2.24 bits per heavy atom. The molecule has 0 bridgehead atoms. The topological polar surface area (TPSA) is 46.6 Å². The van der Waals surface area contributed by atoms with Crippen LogP contribution in [-0.4, -0.2) is 29.0 Å². The van der Waals surface area contributed by atoms with Crippen molar-refractivity contribution < 1.29 is 14.3 Å². The second-order valence-corrected chi connectivity index (χ2v) is 5.33. The van der Waals surface area contributed by atoms with Crippen LogP contribution in [0.25, 0.3) is 0 Å². The zero-order chi connectivity index (χ0) is 13.1. The predicted molar refractivity (Wildman–Crippen MR) is 65.5 cm³/mol. The Balaban J connectivity index is 2.67. The van der Waals surface area contributed by atoms with E-state index in [-0.39, 0.29) is 11.8 Å². The summed E-state index contributed by atoms with van der Waals surface area (Å²) < 4.78 is 5.21. The molecule has 0 saturated carbocycles. The highest BCUT2D eigenvalue weighted by Crippen LogP contribution is 2.23. The van der Waals surface area contributed by atoms with Crippen molar-refractivity contribution in [1.82, 2.24) is 4.90 Å². The van der Waals surface area contributed by atoms with Crippen molar-refractivity contribution in [3.63, 3.8) is 0 Å². The Labute approximate surface area is 103 Å². The number of nitrogens with zero attached hydrogens (tertiary/aromatic N) is 1. The van der Waals surface area contributed by atoms with Gasteiger partial charge >= 0.3 is 6.09 Å². The molecule has 1 aliphatic heterocycles. The van der Waals surface area contributed by atoms with Gasteiger partial charge in [-0.1, -0.05) is 6.08 Å². The minimum absolute atomic E-state index is 0.117. The van der Waals surface area contributed by atoms with E-state index in [1.807, 2.05) is 0 Å². The highest BCUT2D eigenvalue weighted by molar-refractivity contribution is 5.94. The highest BCUT2D eigenvalue weighted by atomic mass is 16.6. The van der Waals surface area contributed by atoms with Crippen molar-refractivity contribution in [2.24, 2.45) is 5.92 Å². The van der Waals surface area contributed by atoms with E-state index in [0.717, 1.165) is 12.8 Å². The van der Waals surface area contributed by atoms with Gasteiger partial charge in [-0.05, 0) is 40.0 Å². The molecule has 1 fully saturated rings. The number of piperidine rings is 1. The molecule has 0 aromatic rings. The number of hydrogen-bond acceptors (Lipinski definition) is 3. The van der Waals surface area contributed by atoms with E-state index in [4.69, 9.17) is 4.74 Å². The number of hydrogen-bond donors (Lipinski definition) is 0. The average Bonchev–Trinajstić information content (AvgIpc) is 2.18.